The Morgan fingerprint density at radius 2 is 1.84 bits per heavy atom. The van der Waals surface area contributed by atoms with Crippen molar-refractivity contribution >= 4 is 11.6 Å². The van der Waals surface area contributed by atoms with Crippen LogP contribution in [0.3, 0.4) is 0 Å². The zero-order valence-electron chi connectivity index (χ0n) is 15.8. The Kier molecular flexibility index (Phi) is 5.93. The number of Topliss-reactive ketones (excluding diaryl/α,β-unsaturated/α-hetero) is 2. The fraction of sp³-hybridized carbons (Fsp3) is 0.476. The number of hydrogen-bond donors (Lipinski definition) is 0. The van der Waals surface area contributed by atoms with Gasteiger partial charge in [-0.15, -0.1) is 0 Å². The lowest BCUT2D eigenvalue weighted by atomic mass is 9.64. The van der Waals surface area contributed by atoms with Gasteiger partial charge in [0.1, 0.15) is 0 Å². The topological polar surface area (TPSA) is 56.3 Å². The van der Waals surface area contributed by atoms with E-state index in [2.05, 4.69) is 18.8 Å². The van der Waals surface area contributed by atoms with Crippen LogP contribution < -0.4 is 0 Å². The number of hydrogen-bond acceptors (Lipinski definition) is 4. The summed E-state index contributed by atoms with van der Waals surface area (Å²) in [5, 5.41) is 0. The average Bonchev–Trinajstić information content (AvgIpc) is 2.64. The molecule has 0 saturated heterocycles. The van der Waals surface area contributed by atoms with E-state index in [1.807, 2.05) is 18.3 Å². The van der Waals surface area contributed by atoms with Crippen LogP contribution in [0.1, 0.15) is 58.9 Å². The Labute approximate surface area is 150 Å². The maximum atomic E-state index is 13.3. The first-order valence-corrected chi connectivity index (χ1v) is 8.90. The molecule has 4 heteroatoms. The molecule has 2 rings (SSSR count). The molecule has 4 nitrogen and oxygen atoms in total. The summed E-state index contributed by atoms with van der Waals surface area (Å²) < 4.78 is 5.30. The number of aromatic nitrogens is 1. The molecule has 0 aliphatic heterocycles. The van der Waals surface area contributed by atoms with Crippen molar-refractivity contribution in [2.75, 3.05) is 7.11 Å². The van der Waals surface area contributed by atoms with Gasteiger partial charge in [0.2, 0.25) is 5.78 Å². The minimum atomic E-state index is -0.522. The number of ketones is 2. The molecular weight excluding hydrogens is 314 g/mol. The van der Waals surface area contributed by atoms with Crippen LogP contribution in [0.25, 0.3) is 0 Å². The third-order valence-electron chi connectivity index (χ3n) is 5.29. The van der Waals surface area contributed by atoms with Gasteiger partial charge in [0.05, 0.1) is 7.11 Å². The Hall–Kier alpha value is -2.23. The molecule has 0 radical (unpaired) electrons. The highest BCUT2D eigenvalue weighted by molar-refractivity contribution is 6.24. The molecule has 0 bridgehead atoms. The number of pyridine rings is 1. The molecule has 1 aliphatic rings. The number of allylic oxidation sites excluding steroid dienone is 3. The lowest BCUT2D eigenvalue weighted by Gasteiger charge is -2.38. The normalized spacial score (nSPS) is 17.8. The van der Waals surface area contributed by atoms with Gasteiger partial charge in [-0.2, -0.15) is 0 Å². The first-order chi connectivity index (χ1) is 11.9. The molecule has 0 fully saturated rings. The molecule has 25 heavy (non-hydrogen) atoms. The van der Waals surface area contributed by atoms with Crippen molar-refractivity contribution in [2.24, 2.45) is 0 Å². The van der Waals surface area contributed by atoms with Crippen molar-refractivity contribution < 1.29 is 14.3 Å². The van der Waals surface area contributed by atoms with Gasteiger partial charge in [0.25, 0.3) is 0 Å². The van der Waals surface area contributed by atoms with Crippen LogP contribution in [0.15, 0.2) is 47.0 Å². The zero-order valence-corrected chi connectivity index (χ0v) is 15.8. The number of carbonyl (C=O) groups excluding carboxylic acids is 2. The van der Waals surface area contributed by atoms with E-state index in [4.69, 9.17) is 4.74 Å². The SMILES string of the molecule is CCCCC(CC)(C1=C(C)C(=O)C(C)=C(OC)C1=O)c1cccnc1. The summed E-state index contributed by atoms with van der Waals surface area (Å²) in [6.45, 7) is 7.61. The second-order valence-electron chi connectivity index (χ2n) is 6.60. The van der Waals surface area contributed by atoms with Crippen molar-refractivity contribution in [3.63, 3.8) is 0 Å². The van der Waals surface area contributed by atoms with Gasteiger partial charge >= 0.3 is 0 Å². The predicted molar refractivity (Wildman–Crippen MR) is 98.2 cm³/mol. The third-order valence-corrected chi connectivity index (χ3v) is 5.29. The summed E-state index contributed by atoms with van der Waals surface area (Å²) in [5.74, 6) is -0.104. The largest absolute Gasteiger partial charge is 0.492 e. The van der Waals surface area contributed by atoms with Gasteiger partial charge in [-0.05, 0) is 38.3 Å². The molecule has 0 saturated carbocycles. The standard InChI is InChI=1S/C21H27NO3/c1-6-8-11-21(7-2,16-10-9-12-22-13-16)17-14(3)18(23)15(4)20(25-5)19(17)24/h9-10,12-13H,6-8,11H2,1-5H3. The minimum Gasteiger partial charge on any atom is -0.492 e. The molecular formula is C21H27NO3. The van der Waals surface area contributed by atoms with Gasteiger partial charge in [-0.25, -0.2) is 0 Å². The maximum Gasteiger partial charge on any atom is 0.225 e. The van der Waals surface area contributed by atoms with Crippen LogP contribution in [-0.4, -0.2) is 23.7 Å². The van der Waals surface area contributed by atoms with Crippen molar-refractivity contribution in [3.05, 3.63) is 52.6 Å². The van der Waals surface area contributed by atoms with Crippen molar-refractivity contribution in [3.8, 4) is 0 Å². The van der Waals surface area contributed by atoms with Crippen LogP contribution in [-0.2, 0) is 19.7 Å². The van der Waals surface area contributed by atoms with Crippen LogP contribution in [0.2, 0.25) is 0 Å². The van der Waals surface area contributed by atoms with E-state index < -0.39 is 5.41 Å². The van der Waals surface area contributed by atoms with Gasteiger partial charge in [0.15, 0.2) is 11.5 Å². The monoisotopic (exact) mass is 341 g/mol. The van der Waals surface area contributed by atoms with Crippen LogP contribution in [0.4, 0.5) is 0 Å². The smallest absolute Gasteiger partial charge is 0.225 e. The summed E-state index contributed by atoms with van der Waals surface area (Å²) in [5.41, 5.74) is 1.96. The molecule has 1 heterocycles. The van der Waals surface area contributed by atoms with Crippen molar-refractivity contribution in [2.45, 2.75) is 58.8 Å². The highest BCUT2D eigenvalue weighted by atomic mass is 16.5. The summed E-state index contributed by atoms with van der Waals surface area (Å²) in [7, 11) is 1.45. The molecule has 1 aromatic heterocycles. The summed E-state index contributed by atoms with van der Waals surface area (Å²) >= 11 is 0. The Morgan fingerprint density at radius 3 is 2.36 bits per heavy atom. The van der Waals surface area contributed by atoms with E-state index >= 15 is 0 Å². The van der Waals surface area contributed by atoms with E-state index in [-0.39, 0.29) is 17.3 Å². The van der Waals surface area contributed by atoms with Crippen LogP contribution >= 0.6 is 0 Å². The summed E-state index contributed by atoms with van der Waals surface area (Å²) in [6.07, 6.45) is 7.04. The van der Waals surface area contributed by atoms with Gasteiger partial charge in [-0.1, -0.05) is 32.8 Å². The molecule has 1 unspecified atom stereocenters. The number of carbonyl (C=O) groups is 2. The Balaban J connectivity index is 2.73. The number of unbranched alkanes of at least 4 members (excludes halogenated alkanes) is 1. The highest BCUT2D eigenvalue weighted by Crippen LogP contribution is 2.45. The number of nitrogens with zero attached hydrogens (tertiary/aromatic N) is 1. The van der Waals surface area contributed by atoms with Gasteiger partial charge < -0.3 is 4.74 Å². The van der Waals surface area contributed by atoms with E-state index in [1.165, 1.54) is 7.11 Å². The minimum absolute atomic E-state index is 0.107. The summed E-state index contributed by atoms with van der Waals surface area (Å²) in [4.78, 5) is 30.3. The molecule has 0 N–H and O–H groups in total. The second-order valence-corrected chi connectivity index (χ2v) is 6.60. The number of methoxy groups -OCH3 is 1. The first kappa shape index (κ1) is 19.1. The fourth-order valence-corrected chi connectivity index (χ4v) is 3.87. The van der Waals surface area contributed by atoms with Crippen molar-refractivity contribution in [1.82, 2.24) is 4.98 Å². The highest BCUT2D eigenvalue weighted by Gasteiger charge is 2.44. The van der Waals surface area contributed by atoms with Crippen LogP contribution in [0, 0.1) is 0 Å². The second kappa shape index (κ2) is 7.77. The molecule has 1 atom stereocenters. The molecule has 1 aromatic rings. The van der Waals surface area contributed by atoms with E-state index in [9.17, 15) is 9.59 Å². The molecule has 134 valence electrons. The fourth-order valence-electron chi connectivity index (χ4n) is 3.87. The predicted octanol–water partition coefficient (Wildman–Crippen LogP) is 4.31. The molecule has 0 spiro atoms. The third kappa shape index (κ3) is 3.17. The molecule has 0 amide bonds. The van der Waals surface area contributed by atoms with Gasteiger partial charge in [0, 0.05) is 34.5 Å². The first-order valence-electron chi connectivity index (χ1n) is 8.90. The Morgan fingerprint density at radius 1 is 1.12 bits per heavy atom. The van der Waals surface area contributed by atoms with E-state index in [0.717, 1.165) is 31.2 Å². The van der Waals surface area contributed by atoms with E-state index in [1.54, 1.807) is 20.0 Å². The van der Waals surface area contributed by atoms with E-state index in [0.29, 0.717) is 16.7 Å². The number of rotatable bonds is 7. The average molecular weight is 341 g/mol. The lowest BCUT2D eigenvalue weighted by Crippen LogP contribution is -2.38. The van der Waals surface area contributed by atoms with Crippen LogP contribution in [0.5, 0.6) is 0 Å². The number of ether oxygens (including phenoxy) is 1. The zero-order chi connectivity index (χ0) is 18.6. The lowest BCUT2D eigenvalue weighted by molar-refractivity contribution is -0.119. The van der Waals surface area contributed by atoms with Gasteiger partial charge in [-0.3, -0.25) is 14.6 Å². The molecule has 1 aliphatic carbocycles. The maximum absolute atomic E-state index is 13.3. The Bertz CT molecular complexity index is 731. The quantitative estimate of drug-likeness (QED) is 0.694. The molecule has 0 aromatic carbocycles. The summed E-state index contributed by atoms with van der Waals surface area (Å²) in [6, 6.07) is 3.89. The van der Waals surface area contributed by atoms with Crippen molar-refractivity contribution in [1.29, 1.82) is 0 Å².